The smallest absolute Gasteiger partial charge is 0.282 e. The summed E-state index contributed by atoms with van der Waals surface area (Å²) in [5, 5.41) is 3.22. The van der Waals surface area contributed by atoms with Crippen molar-refractivity contribution in [3.05, 3.63) is 0 Å². The SMILES string of the molecule is CCN1CCCN([C@H]2CCNC2)S1(=O)=O. The van der Waals surface area contributed by atoms with Crippen LogP contribution in [0.1, 0.15) is 19.8 Å². The second-order valence-electron chi connectivity index (χ2n) is 4.11. The number of hydrogen-bond donors (Lipinski definition) is 1. The van der Waals surface area contributed by atoms with E-state index in [0.717, 1.165) is 25.9 Å². The molecule has 0 unspecified atom stereocenters. The number of nitrogens with one attached hydrogen (secondary N) is 1. The molecule has 2 fully saturated rings. The van der Waals surface area contributed by atoms with Gasteiger partial charge in [0.25, 0.3) is 10.2 Å². The van der Waals surface area contributed by atoms with Crippen LogP contribution < -0.4 is 5.32 Å². The molecule has 2 heterocycles. The van der Waals surface area contributed by atoms with Crippen molar-refractivity contribution in [1.29, 1.82) is 0 Å². The van der Waals surface area contributed by atoms with E-state index in [1.54, 1.807) is 8.61 Å². The van der Waals surface area contributed by atoms with Crippen LogP contribution in [0.3, 0.4) is 0 Å². The maximum Gasteiger partial charge on any atom is 0.282 e. The fraction of sp³-hybridized carbons (Fsp3) is 1.00. The zero-order valence-electron chi connectivity index (χ0n) is 9.15. The Kier molecular flexibility index (Phi) is 3.30. The molecule has 2 aliphatic rings. The third-order valence-corrected chi connectivity index (χ3v) is 5.37. The van der Waals surface area contributed by atoms with E-state index in [2.05, 4.69) is 5.32 Å². The second-order valence-corrected chi connectivity index (χ2v) is 5.99. The van der Waals surface area contributed by atoms with Gasteiger partial charge >= 0.3 is 0 Å². The predicted octanol–water partition coefficient (Wildman–Crippen LogP) is -0.379. The van der Waals surface area contributed by atoms with Gasteiger partial charge in [-0.25, -0.2) is 0 Å². The topological polar surface area (TPSA) is 52.6 Å². The summed E-state index contributed by atoms with van der Waals surface area (Å²) >= 11 is 0. The first-order chi connectivity index (χ1) is 7.16. The van der Waals surface area contributed by atoms with Crippen molar-refractivity contribution < 1.29 is 8.42 Å². The average Bonchev–Trinajstić information content (AvgIpc) is 2.69. The summed E-state index contributed by atoms with van der Waals surface area (Å²) in [7, 11) is -3.17. The Morgan fingerprint density at radius 2 is 2.20 bits per heavy atom. The van der Waals surface area contributed by atoms with Crippen molar-refractivity contribution in [2.24, 2.45) is 0 Å². The van der Waals surface area contributed by atoms with E-state index >= 15 is 0 Å². The fourth-order valence-electron chi connectivity index (χ4n) is 2.36. The van der Waals surface area contributed by atoms with Gasteiger partial charge in [-0.1, -0.05) is 6.92 Å². The molecule has 0 aromatic rings. The Morgan fingerprint density at radius 1 is 1.40 bits per heavy atom. The van der Waals surface area contributed by atoms with Crippen LogP contribution in [-0.4, -0.2) is 55.8 Å². The lowest BCUT2D eigenvalue weighted by Gasteiger charge is -2.37. The first-order valence-electron chi connectivity index (χ1n) is 5.64. The standard InChI is InChI=1S/C9H19N3O2S/c1-2-11-6-3-7-12(15(11,13)14)9-4-5-10-8-9/h9-10H,2-8H2,1H3/t9-/m0/s1. The van der Waals surface area contributed by atoms with Gasteiger partial charge in [0, 0.05) is 32.2 Å². The maximum absolute atomic E-state index is 12.2. The van der Waals surface area contributed by atoms with Gasteiger partial charge in [0.05, 0.1) is 0 Å². The molecule has 2 aliphatic heterocycles. The highest BCUT2D eigenvalue weighted by Crippen LogP contribution is 2.21. The van der Waals surface area contributed by atoms with E-state index in [9.17, 15) is 8.42 Å². The van der Waals surface area contributed by atoms with Gasteiger partial charge in [-0.2, -0.15) is 17.0 Å². The van der Waals surface area contributed by atoms with Gasteiger partial charge in [-0.3, -0.25) is 0 Å². The van der Waals surface area contributed by atoms with Gasteiger partial charge in [0.1, 0.15) is 0 Å². The summed E-state index contributed by atoms with van der Waals surface area (Å²) < 4.78 is 27.6. The normalized spacial score (nSPS) is 33.3. The summed E-state index contributed by atoms with van der Waals surface area (Å²) in [5.41, 5.74) is 0. The minimum atomic E-state index is -3.17. The predicted molar refractivity (Wildman–Crippen MR) is 58.8 cm³/mol. The van der Waals surface area contributed by atoms with E-state index in [-0.39, 0.29) is 6.04 Å². The lowest BCUT2D eigenvalue weighted by molar-refractivity contribution is 0.251. The molecule has 0 aromatic carbocycles. The molecule has 2 rings (SSSR count). The molecule has 15 heavy (non-hydrogen) atoms. The molecule has 0 bridgehead atoms. The molecule has 0 radical (unpaired) electrons. The molecule has 6 heteroatoms. The Morgan fingerprint density at radius 3 is 2.80 bits per heavy atom. The third-order valence-electron chi connectivity index (χ3n) is 3.20. The van der Waals surface area contributed by atoms with E-state index in [1.165, 1.54) is 0 Å². The quantitative estimate of drug-likeness (QED) is 0.707. The second kappa shape index (κ2) is 4.37. The first kappa shape index (κ1) is 11.3. The molecule has 0 spiro atoms. The fourth-order valence-corrected chi connectivity index (χ4v) is 4.26. The van der Waals surface area contributed by atoms with Crippen molar-refractivity contribution in [2.45, 2.75) is 25.8 Å². The van der Waals surface area contributed by atoms with E-state index in [4.69, 9.17) is 0 Å². The monoisotopic (exact) mass is 233 g/mol. The number of nitrogens with zero attached hydrogens (tertiary/aromatic N) is 2. The highest BCUT2D eigenvalue weighted by molar-refractivity contribution is 7.86. The van der Waals surface area contributed by atoms with Gasteiger partial charge < -0.3 is 5.32 Å². The van der Waals surface area contributed by atoms with Crippen LogP contribution in [0.5, 0.6) is 0 Å². The van der Waals surface area contributed by atoms with Crippen molar-refractivity contribution in [3.8, 4) is 0 Å². The molecule has 0 saturated carbocycles. The molecular weight excluding hydrogens is 214 g/mol. The van der Waals surface area contributed by atoms with Crippen LogP contribution in [0.2, 0.25) is 0 Å². The third kappa shape index (κ3) is 2.04. The molecule has 1 N–H and O–H groups in total. The Balaban J connectivity index is 2.16. The van der Waals surface area contributed by atoms with Crippen LogP contribution in [0.25, 0.3) is 0 Å². The summed E-state index contributed by atoms with van der Waals surface area (Å²) in [4.78, 5) is 0. The van der Waals surface area contributed by atoms with Crippen molar-refractivity contribution in [2.75, 3.05) is 32.7 Å². The molecule has 88 valence electrons. The van der Waals surface area contributed by atoms with Crippen molar-refractivity contribution >= 4 is 10.2 Å². The van der Waals surface area contributed by atoms with Crippen LogP contribution in [-0.2, 0) is 10.2 Å². The molecule has 5 nitrogen and oxygen atoms in total. The largest absolute Gasteiger partial charge is 0.315 e. The van der Waals surface area contributed by atoms with Gasteiger partial charge in [0.2, 0.25) is 0 Å². The minimum absolute atomic E-state index is 0.171. The van der Waals surface area contributed by atoms with Crippen LogP contribution >= 0.6 is 0 Å². The highest BCUT2D eigenvalue weighted by atomic mass is 32.2. The summed E-state index contributed by atoms with van der Waals surface area (Å²) in [6, 6.07) is 0.171. The highest BCUT2D eigenvalue weighted by Gasteiger charge is 2.37. The average molecular weight is 233 g/mol. The molecule has 0 aliphatic carbocycles. The van der Waals surface area contributed by atoms with Crippen LogP contribution in [0, 0.1) is 0 Å². The maximum atomic E-state index is 12.2. The summed E-state index contributed by atoms with van der Waals surface area (Å²) in [6.07, 6.45) is 1.89. The lowest BCUT2D eigenvalue weighted by atomic mass is 10.2. The molecular formula is C9H19N3O2S. The number of rotatable bonds is 2. The lowest BCUT2D eigenvalue weighted by Crippen LogP contribution is -2.53. The van der Waals surface area contributed by atoms with E-state index in [1.807, 2.05) is 6.92 Å². The number of hydrogen-bond acceptors (Lipinski definition) is 3. The van der Waals surface area contributed by atoms with Gasteiger partial charge in [-0.15, -0.1) is 0 Å². The zero-order chi connectivity index (χ0) is 10.9. The molecule has 1 atom stereocenters. The first-order valence-corrected chi connectivity index (χ1v) is 7.03. The van der Waals surface area contributed by atoms with E-state index < -0.39 is 10.2 Å². The molecule has 0 amide bonds. The van der Waals surface area contributed by atoms with E-state index in [0.29, 0.717) is 19.6 Å². The Bertz CT molecular complexity index is 311. The van der Waals surface area contributed by atoms with Gasteiger partial charge in [-0.05, 0) is 19.4 Å². The van der Waals surface area contributed by atoms with Crippen LogP contribution in [0.15, 0.2) is 0 Å². The van der Waals surface area contributed by atoms with Crippen molar-refractivity contribution in [3.63, 3.8) is 0 Å². The van der Waals surface area contributed by atoms with Crippen LogP contribution in [0.4, 0.5) is 0 Å². The Hall–Kier alpha value is -0.170. The van der Waals surface area contributed by atoms with Gasteiger partial charge in [0.15, 0.2) is 0 Å². The summed E-state index contributed by atoms with van der Waals surface area (Å²) in [6.45, 7) is 5.58. The molecule has 0 aromatic heterocycles. The minimum Gasteiger partial charge on any atom is -0.315 e. The van der Waals surface area contributed by atoms with Crippen molar-refractivity contribution in [1.82, 2.24) is 13.9 Å². The summed E-state index contributed by atoms with van der Waals surface area (Å²) in [5.74, 6) is 0. The Labute approximate surface area is 91.6 Å². The zero-order valence-corrected chi connectivity index (χ0v) is 9.96. The molecule has 2 saturated heterocycles.